The highest BCUT2D eigenvalue weighted by Gasteiger charge is 2.24. The van der Waals surface area contributed by atoms with Crippen molar-refractivity contribution >= 4 is 18.3 Å². The third kappa shape index (κ3) is 4.22. The van der Waals surface area contributed by atoms with Crippen LogP contribution in [0.15, 0.2) is 30.3 Å². The summed E-state index contributed by atoms with van der Waals surface area (Å²) in [5, 5.41) is 3.06. The number of benzene rings is 1. The van der Waals surface area contributed by atoms with Crippen molar-refractivity contribution in [3.05, 3.63) is 35.9 Å². The van der Waals surface area contributed by atoms with Crippen molar-refractivity contribution in [1.29, 1.82) is 0 Å². The van der Waals surface area contributed by atoms with Crippen LogP contribution in [-0.4, -0.2) is 11.9 Å². The molecule has 2 atom stereocenters. The molecule has 0 radical (unpaired) electrons. The van der Waals surface area contributed by atoms with Crippen molar-refractivity contribution in [3.63, 3.8) is 0 Å². The number of carbonyl (C=O) groups excluding carboxylic acids is 1. The molecule has 1 saturated carbocycles. The minimum absolute atomic E-state index is 0. The fraction of sp³-hybridized carbons (Fsp3) is 0.533. The first kappa shape index (κ1) is 16.0. The van der Waals surface area contributed by atoms with E-state index in [0.717, 1.165) is 5.56 Å². The van der Waals surface area contributed by atoms with Crippen molar-refractivity contribution in [1.82, 2.24) is 5.32 Å². The van der Waals surface area contributed by atoms with E-state index < -0.39 is 6.04 Å². The van der Waals surface area contributed by atoms with Crippen LogP contribution in [0, 0.1) is 5.92 Å². The molecule has 0 aliphatic heterocycles. The third-order valence-corrected chi connectivity index (χ3v) is 3.92. The summed E-state index contributed by atoms with van der Waals surface area (Å²) in [6.45, 7) is 2.09. The smallest absolute Gasteiger partial charge is 0.241 e. The molecule has 3 N–H and O–H groups in total. The molecule has 1 fully saturated rings. The summed E-state index contributed by atoms with van der Waals surface area (Å²) in [5.74, 6) is 0.553. The van der Waals surface area contributed by atoms with Crippen LogP contribution in [0.3, 0.4) is 0 Å². The molecule has 1 aliphatic carbocycles. The normalized spacial score (nSPS) is 18.4. The van der Waals surface area contributed by atoms with Gasteiger partial charge < -0.3 is 11.1 Å². The number of hydrogen-bond acceptors (Lipinski definition) is 2. The Morgan fingerprint density at radius 3 is 2.42 bits per heavy atom. The van der Waals surface area contributed by atoms with Gasteiger partial charge in [0.15, 0.2) is 0 Å². The molecule has 2 unspecified atom stereocenters. The Hall–Kier alpha value is -1.06. The monoisotopic (exact) mass is 282 g/mol. The Morgan fingerprint density at radius 2 is 1.84 bits per heavy atom. The van der Waals surface area contributed by atoms with Crippen molar-refractivity contribution in [2.24, 2.45) is 11.7 Å². The topological polar surface area (TPSA) is 55.1 Å². The first-order chi connectivity index (χ1) is 8.68. The molecule has 19 heavy (non-hydrogen) atoms. The van der Waals surface area contributed by atoms with Gasteiger partial charge in [-0.05, 0) is 31.2 Å². The fourth-order valence-electron chi connectivity index (χ4n) is 2.70. The van der Waals surface area contributed by atoms with E-state index in [1.165, 1.54) is 25.7 Å². The van der Waals surface area contributed by atoms with Gasteiger partial charge in [0.1, 0.15) is 6.04 Å². The van der Waals surface area contributed by atoms with Crippen molar-refractivity contribution in [2.75, 3.05) is 0 Å². The molecule has 106 valence electrons. The highest BCUT2D eigenvalue weighted by molar-refractivity contribution is 5.85. The maximum atomic E-state index is 12.1. The molecule has 4 heteroatoms. The zero-order valence-corrected chi connectivity index (χ0v) is 12.2. The van der Waals surface area contributed by atoms with Gasteiger partial charge in [0.05, 0.1) is 0 Å². The summed E-state index contributed by atoms with van der Waals surface area (Å²) in [5.41, 5.74) is 6.84. The van der Waals surface area contributed by atoms with Crippen molar-refractivity contribution in [3.8, 4) is 0 Å². The van der Waals surface area contributed by atoms with Gasteiger partial charge in [-0.25, -0.2) is 0 Å². The lowest BCUT2D eigenvalue weighted by molar-refractivity contribution is -0.123. The Kier molecular flexibility index (Phi) is 6.32. The van der Waals surface area contributed by atoms with E-state index in [2.05, 4.69) is 12.2 Å². The van der Waals surface area contributed by atoms with Gasteiger partial charge in [-0.3, -0.25) is 4.79 Å². The van der Waals surface area contributed by atoms with Gasteiger partial charge in [-0.2, -0.15) is 0 Å². The number of nitrogens with two attached hydrogens (primary N) is 1. The Morgan fingerprint density at radius 1 is 1.26 bits per heavy atom. The summed E-state index contributed by atoms with van der Waals surface area (Å²) in [6, 6.07) is 9.19. The lowest BCUT2D eigenvalue weighted by Gasteiger charge is -2.22. The number of nitrogens with one attached hydrogen (secondary N) is 1. The van der Waals surface area contributed by atoms with Crippen LogP contribution in [0.4, 0.5) is 0 Å². The van der Waals surface area contributed by atoms with E-state index in [4.69, 9.17) is 5.73 Å². The molecule has 0 saturated heterocycles. The van der Waals surface area contributed by atoms with E-state index in [0.29, 0.717) is 5.92 Å². The van der Waals surface area contributed by atoms with E-state index in [1.54, 1.807) is 0 Å². The van der Waals surface area contributed by atoms with Crippen LogP contribution < -0.4 is 11.1 Å². The van der Waals surface area contributed by atoms with Gasteiger partial charge in [-0.1, -0.05) is 43.2 Å². The van der Waals surface area contributed by atoms with Gasteiger partial charge in [0.2, 0.25) is 5.91 Å². The minimum Gasteiger partial charge on any atom is -0.352 e. The molecule has 0 spiro atoms. The predicted octanol–water partition coefficient (Wildman–Crippen LogP) is 2.80. The molecular weight excluding hydrogens is 260 g/mol. The van der Waals surface area contributed by atoms with Crippen LogP contribution >= 0.6 is 12.4 Å². The van der Waals surface area contributed by atoms with Crippen LogP contribution in [0.5, 0.6) is 0 Å². The van der Waals surface area contributed by atoms with Crippen LogP contribution in [0.25, 0.3) is 0 Å². The molecular formula is C15H23ClN2O. The number of hydrogen-bond donors (Lipinski definition) is 2. The lowest BCUT2D eigenvalue weighted by Crippen LogP contribution is -2.42. The van der Waals surface area contributed by atoms with E-state index in [-0.39, 0.29) is 24.4 Å². The molecule has 3 nitrogen and oxygen atoms in total. The SMILES string of the molecule is CC(NC(=O)C(N)c1ccccc1)C1CCCC1.Cl. The van der Waals surface area contributed by atoms with Gasteiger partial charge in [0, 0.05) is 6.04 Å². The van der Waals surface area contributed by atoms with Gasteiger partial charge >= 0.3 is 0 Å². The van der Waals surface area contributed by atoms with E-state index in [9.17, 15) is 4.79 Å². The summed E-state index contributed by atoms with van der Waals surface area (Å²) >= 11 is 0. The molecule has 0 aromatic heterocycles. The van der Waals surface area contributed by atoms with Crippen molar-refractivity contribution < 1.29 is 4.79 Å². The summed E-state index contributed by atoms with van der Waals surface area (Å²) in [7, 11) is 0. The summed E-state index contributed by atoms with van der Waals surface area (Å²) in [6.07, 6.45) is 5.02. The number of halogens is 1. The van der Waals surface area contributed by atoms with Crippen LogP contribution in [0.1, 0.15) is 44.2 Å². The maximum absolute atomic E-state index is 12.1. The summed E-state index contributed by atoms with van der Waals surface area (Å²) < 4.78 is 0. The Labute approximate surface area is 121 Å². The zero-order chi connectivity index (χ0) is 13.0. The third-order valence-electron chi connectivity index (χ3n) is 3.92. The molecule has 2 rings (SSSR count). The Bertz CT molecular complexity index is 390. The number of rotatable bonds is 4. The molecule has 1 aromatic carbocycles. The predicted molar refractivity (Wildman–Crippen MR) is 80.2 cm³/mol. The van der Waals surface area contributed by atoms with Crippen LogP contribution in [-0.2, 0) is 4.79 Å². The largest absolute Gasteiger partial charge is 0.352 e. The standard InChI is InChI=1S/C15H22N2O.ClH/c1-11(12-7-5-6-8-12)17-15(18)14(16)13-9-3-2-4-10-13;/h2-4,9-12,14H,5-8,16H2,1H3,(H,17,18);1H. The van der Waals surface area contributed by atoms with Crippen LogP contribution in [0.2, 0.25) is 0 Å². The molecule has 1 aliphatic rings. The quantitative estimate of drug-likeness (QED) is 0.892. The molecule has 1 amide bonds. The van der Waals surface area contributed by atoms with Crippen molar-refractivity contribution in [2.45, 2.75) is 44.7 Å². The highest BCUT2D eigenvalue weighted by atomic mass is 35.5. The van der Waals surface area contributed by atoms with E-state index in [1.807, 2.05) is 30.3 Å². The number of carbonyl (C=O) groups is 1. The number of amides is 1. The Balaban J connectivity index is 0.00000180. The van der Waals surface area contributed by atoms with Gasteiger partial charge in [-0.15, -0.1) is 12.4 Å². The first-order valence-corrected chi connectivity index (χ1v) is 6.79. The molecule has 0 bridgehead atoms. The first-order valence-electron chi connectivity index (χ1n) is 6.79. The second-order valence-electron chi connectivity index (χ2n) is 5.23. The summed E-state index contributed by atoms with van der Waals surface area (Å²) in [4.78, 5) is 12.1. The van der Waals surface area contributed by atoms with Gasteiger partial charge in [0.25, 0.3) is 0 Å². The lowest BCUT2D eigenvalue weighted by atomic mass is 9.99. The maximum Gasteiger partial charge on any atom is 0.241 e. The average molecular weight is 283 g/mol. The molecule has 0 heterocycles. The highest BCUT2D eigenvalue weighted by Crippen LogP contribution is 2.27. The average Bonchev–Trinajstić information content (AvgIpc) is 2.92. The molecule has 1 aromatic rings. The second kappa shape index (κ2) is 7.51. The fourth-order valence-corrected chi connectivity index (χ4v) is 2.70. The minimum atomic E-state index is -0.560. The van der Waals surface area contributed by atoms with E-state index >= 15 is 0 Å². The second-order valence-corrected chi connectivity index (χ2v) is 5.23. The zero-order valence-electron chi connectivity index (χ0n) is 11.3.